The number of carbonyl (C=O) groups is 1. The van der Waals surface area contributed by atoms with Crippen LogP contribution in [0.4, 0.5) is 0 Å². The third-order valence-corrected chi connectivity index (χ3v) is 2.71. The van der Waals surface area contributed by atoms with E-state index >= 15 is 0 Å². The number of aromatic nitrogens is 2. The van der Waals surface area contributed by atoms with Gasteiger partial charge >= 0.3 is 0 Å². The molecule has 0 atom stereocenters. The summed E-state index contributed by atoms with van der Waals surface area (Å²) in [5.41, 5.74) is 0.430. The van der Waals surface area contributed by atoms with Crippen LogP contribution in [0.15, 0.2) is 30.6 Å². The molecule has 98 valence electrons. The molecule has 1 aromatic carbocycles. The van der Waals surface area contributed by atoms with Crippen molar-refractivity contribution in [2.75, 3.05) is 14.2 Å². The van der Waals surface area contributed by atoms with Crippen molar-refractivity contribution in [1.29, 1.82) is 0 Å². The Hall–Kier alpha value is -2.14. The molecule has 19 heavy (non-hydrogen) atoms. The molecule has 0 aliphatic rings. The molecule has 0 fully saturated rings. The fourth-order valence-corrected chi connectivity index (χ4v) is 1.79. The van der Waals surface area contributed by atoms with Gasteiger partial charge in [0.2, 0.25) is 11.7 Å². The van der Waals surface area contributed by atoms with Crippen LogP contribution in [-0.4, -0.2) is 30.0 Å². The van der Waals surface area contributed by atoms with Crippen LogP contribution in [0.25, 0.3) is 0 Å². The molecule has 5 nitrogen and oxygen atoms in total. The summed E-state index contributed by atoms with van der Waals surface area (Å²) in [6, 6.07) is 4.79. The number of ether oxygens (including phenoxy) is 2. The molecule has 0 aliphatic carbocycles. The van der Waals surface area contributed by atoms with Gasteiger partial charge in [0, 0.05) is 17.4 Å². The summed E-state index contributed by atoms with van der Waals surface area (Å²) in [4.78, 5) is 20.4. The lowest BCUT2D eigenvalue weighted by Crippen LogP contribution is -2.09. The van der Waals surface area contributed by atoms with E-state index in [2.05, 4.69) is 9.97 Å². The minimum absolute atomic E-state index is 0.116. The molecule has 0 bridgehead atoms. The molecule has 1 heterocycles. The predicted molar refractivity (Wildman–Crippen MR) is 70.0 cm³/mol. The van der Waals surface area contributed by atoms with Gasteiger partial charge in [-0.05, 0) is 18.2 Å². The molecule has 0 radical (unpaired) electrons. The van der Waals surface area contributed by atoms with Crippen LogP contribution in [0.3, 0.4) is 0 Å². The maximum Gasteiger partial charge on any atom is 0.243 e. The summed E-state index contributed by atoms with van der Waals surface area (Å²) < 4.78 is 10.2. The molecule has 0 spiro atoms. The molecule has 2 rings (SSSR count). The highest BCUT2D eigenvalue weighted by molar-refractivity contribution is 6.31. The first-order valence-electron chi connectivity index (χ1n) is 5.40. The van der Waals surface area contributed by atoms with Gasteiger partial charge in [-0.3, -0.25) is 4.79 Å². The van der Waals surface area contributed by atoms with Gasteiger partial charge in [0.1, 0.15) is 5.75 Å². The highest BCUT2D eigenvalue weighted by Gasteiger charge is 2.20. The number of nitrogens with zero attached hydrogens (tertiary/aromatic N) is 2. The van der Waals surface area contributed by atoms with E-state index in [9.17, 15) is 4.79 Å². The molecule has 0 saturated carbocycles. The van der Waals surface area contributed by atoms with E-state index in [1.807, 2.05) is 0 Å². The third-order valence-electron chi connectivity index (χ3n) is 2.48. The average molecular weight is 279 g/mol. The first-order chi connectivity index (χ1) is 9.17. The van der Waals surface area contributed by atoms with Crippen LogP contribution >= 0.6 is 11.6 Å². The minimum Gasteiger partial charge on any atom is -0.496 e. The van der Waals surface area contributed by atoms with Crippen molar-refractivity contribution in [3.05, 3.63) is 46.9 Å². The third kappa shape index (κ3) is 2.66. The zero-order valence-corrected chi connectivity index (χ0v) is 11.1. The zero-order chi connectivity index (χ0) is 13.8. The van der Waals surface area contributed by atoms with Crippen LogP contribution in [0.2, 0.25) is 5.02 Å². The number of carbonyl (C=O) groups excluding carboxylic acids is 1. The number of hydrogen-bond acceptors (Lipinski definition) is 5. The second-order valence-corrected chi connectivity index (χ2v) is 4.02. The molecular weight excluding hydrogens is 268 g/mol. The topological polar surface area (TPSA) is 61.3 Å². The SMILES string of the molecule is COc1ccc(Cl)cc1C(=O)c1nccnc1OC. The summed E-state index contributed by atoms with van der Waals surface area (Å²) >= 11 is 5.90. The lowest BCUT2D eigenvalue weighted by atomic mass is 10.1. The van der Waals surface area contributed by atoms with E-state index < -0.39 is 0 Å². The zero-order valence-electron chi connectivity index (χ0n) is 10.4. The predicted octanol–water partition coefficient (Wildman–Crippen LogP) is 2.38. The molecule has 0 amide bonds. The summed E-state index contributed by atoms with van der Waals surface area (Å²) in [6.45, 7) is 0. The van der Waals surface area contributed by atoms with Gasteiger partial charge in [0.15, 0.2) is 5.69 Å². The van der Waals surface area contributed by atoms with Crippen LogP contribution in [-0.2, 0) is 0 Å². The molecule has 0 unspecified atom stereocenters. The Balaban J connectivity index is 2.52. The van der Waals surface area contributed by atoms with E-state index in [1.165, 1.54) is 32.7 Å². The summed E-state index contributed by atoms with van der Waals surface area (Å²) in [7, 11) is 2.91. The second-order valence-electron chi connectivity index (χ2n) is 3.59. The Morgan fingerprint density at radius 1 is 1.16 bits per heavy atom. The standard InChI is InChI=1S/C13H11ClN2O3/c1-18-10-4-3-8(14)7-9(10)12(17)11-13(19-2)16-6-5-15-11/h3-7H,1-2H3. The van der Waals surface area contributed by atoms with Gasteiger partial charge in [0.05, 0.1) is 19.8 Å². The van der Waals surface area contributed by atoms with Crippen molar-refractivity contribution in [2.24, 2.45) is 0 Å². The average Bonchev–Trinajstić information content (AvgIpc) is 2.46. The normalized spacial score (nSPS) is 10.1. The van der Waals surface area contributed by atoms with E-state index in [-0.39, 0.29) is 17.4 Å². The van der Waals surface area contributed by atoms with Crippen molar-refractivity contribution < 1.29 is 14.3 Å². The fraction of sp³-hybridized carbons (Fsp3) is 0.154. The maximum atomic E-state index is 12.4. The lowest BCUT2D eigenvalue weighted by Gasteiger charge is -2.09. The summed E-state index contributed by atoms with van der Waals surface area (Å²) in [6.07, 6.45) is 2.87. The van der Waals surface area contributed by atoms with Crippen molar-refractivity contribution in [2.45, 2.75) is 0 Å². The largest absolute Gasteiger partial charge is 0.496 e. The van der Waals surface area contributed by atoms with E-state index in [4.69, 9.17) is 21.1 Å². The quantitative estimate of drug-likeness (QED) is 0.804. The minimum atomic E-state index is -0.357. The molecule has 2 aromatic rings. The van der Waals surface area contributed by atoms with Crippen molar-refractivity contribution in [1.82, 2.24) is 9.97 Å². The highest BCUT2D eigenvalue weighted by Crippen LogP contribution is 2.26. The van der Waals surface area contributed by atoms with Crippen LogP contribution in [0, 0.1) is 0 Å². The van der Waals surface area contributed by atoms with E-state index in [0.29, 0.717) is 16.3 Å². The maximum absolute atomic E-state index is 12.4. The van der Waals surface area contributed by atoms with Gasteiger partial charge in [-0.2, -0.15) is 0 Å². The van der Waals surface area contributed by atoms with Gasteiger partial charge in [-0.1, -0.05) is 11.6 Å². The number of halogens is 1. The molecule has 0 N–H and O–H groups in total. The molecular formula is C13H11ClN2O3. The number of benzene rings is 1. The second kappa shape index (κ2) is 5.67. The Bertz CT molecular complexity index is 617. The van der Waals surface area contributed by atoms with E-state index in [0.717, 1.165) is 0 Å². The summed E-state index contributed by atoms with van der Waals surface area (Å²) in [5, 5.41) is 0.437. The Morgan fingerprint density at radius 2 is 1.89 bits per heavy atom. The van der Waals surface area contributed by atoms with Gasteiger partial charge in [-0.25, -0.2) is 9.97 Å². The van der Waals surface area contributed by atoms with Crippen molar-refractivity contribution in [3.8, 4) is 11.6 Å². The molecule has 6 heteroatoms. The summed E-state index contributed by atoms with van der Waals surface area (Å²) in [5.74, 6) is 0.223. The smallest absolute Gasteiger partial charge is 0.243 e. The van der Waals surface area contributed by atoms with Crippen LogP contribution in [0.1, 0.15) is 16.1 Å². The van der Waals surface area contributed by atoms with Gasteiger partial charge < -0.3 is 9.47 Å². The van der Waals surface area contributed by atoms with Crippen molar-refractivity contribution in [3.63, 3.8) is 0 Å². The van der Waals surface area contributed by atoms with Crippen LogP contribution in [0.5, 0.6) is 11.6 Å². The lowest BCUT2D eigenvalue weighted by molar-refractivity contribution is 0.102. The van der Waals surface area contributed by atoms with Gasteiger partial charge in [-0.15, -0.1) is 0 Å². The number of ketones is 1. The fourth-order valence-electron chi connectivity index (χ4n) is 1.62. The molecule has 1 aromatic heterocycles. The number of hydrogen-bond donors (Lipinski definition) is 0. The Kier molecular flexibility index (Phi) is 3.97. The Labute approximate surface area is 115 Å². The van der Waals surface area contributed by atoms with Gasteiger partial charge in [0.25, 0.3) is 0 Å². The number of rotatable bonds is 4. The highest BCUT2D eigenvalue weighted by atomic mass is 35.5. The first-order valence-corrected chi connectivity index (χ1v) is 5.78. The first kappa shape index (κ1) is 13.3. The number of methoxy groups -OCH3 is 2. The molecule has 0 aliphatic heterocycles. The monoisotopic (exact) mass is 278 g/mol. The Morgan fingerprint density at radius 3 is 2.58 bits per heavy atom. The van der Waals surface area contributed by atoms with E-state index in [1.54, 1.807) is 12.1 Å². The molecule has 0 saturated heterocycles. The van der Waals surface area contributed by atoms with Crippen LogP contribution < -0.4 is 9.47 Å². The van der Waals surface area contributed by atoms with Crippen molar-refractivity contribution >= 4 is 17.4 Å².